The van der Waals surface area contributed by atoms with E-state index in [4.69, 9.17) is 0 Å². The molecule has 0 aliphatic carbocycles. The highest BCUT2D eigenvalue weighted by molar-refractivity contribution is 9.10. The Morgan fingerprint density at radius 2 is 2.05 bits per heavy atom. The fraction of sp³-hybridized carbons (Fsp3) is 0.0667. The van der Waals surface area contributed by atoms with Crippen LogP contribution in [-0.4, -0.2) is 20.5 Å². The van der Waals surface area contributed by atoms with Crippen LogP contribution in [0, 0.1) is 0 Å². The number of alkyl halides is 1. The van der Waals surface area contributed by atoms with Crippen LogP contribution in [0.5, 0.6) is 0 Å². The molecule has 0 unspecified atom stereocenters. The lowest BCUT2D eigenvalue weighted by Gasteiger charge is -2.03. The van der Waals surface area contributed by atoms with E-state index in [0.717, 1.165) is 15.7 Å². The minimum atomic E-state index is 0.0127. The van der Waals surface area contributed by atoms with Gasteiger partial charge in [-0.3, -0.25) is 9.20 Å². The Bertz CT molecular complexity index is 795. The quantitative estimate of drug-likeness (QED) is 0.490. The molecule has 0 aliphatic heterocycles. The summed E-state index contributed by atoms with van der Waals surface area (Å²) < 4.78 is 2.80. The minimum absolute atomic E-state index is 0.0127. The van der Waals surface area contributed by atoms with Crippen LogP contribution in [0.4, 0.5) is 0 Å². The number of Topliss-reactive ketones (excluding diaryl/α,β-unsaturated/α-hetero) is 1. The number of fused-ring (bicyclic) bond motifs is 1. The van der Waals surface area contributed by atoms with Crippen LogP contribution in [0.2, 0.25) is 0 Å². The zero-order chi connectivity index (χ0) is 14.1. The highest BCUT2D eigenvalue weighted by atomic mass is 79.9. The maximum Gasteiger partial charge on any atom is 0.192 e. The van der Waals surface area contributed by atoms with Crippen molar-refractivity contribution < 1.29 is 4.79 Å². The lowest BCUT2D eigenvalue weighted by atomic mass is 10.1. The first-order valence-corrected chi connectivity index (χ1v) is 7.94. The van der Waals surface area contributed by atoms with Crippen molar-refractivity contribution in [2.45, 2.75) is 0 Å². The van der Waals surface area contributed by atoms with E-state index in [-0.39, 0.29) is 11.1 Å². The zero-order valence-electron chi connectivity index (χ0n) is 10.4. The Morgan fingerprint density at radius 3 is 2.80 bits per heavy atom. The Morgan fingerprint density at radius 1 is 1.20 bits per heavy atom. The molecule has 0 radical (unpaired) electrons. The number of carbonyl (C=O) groups is 1. The molecule has 0 amide bonds. The normalized spacial score (nSPS) is 10.9. The summed E-state index contributed by atoms with van der Waals surface area (Å²) in [6.45, 7) is 0. The van der Waals surface area contributed by atoms with Gasteiger partial charge in [0.05, 0.1) is 5.33 Å². The van der Waals surface area contributed by atoms with E-state index < -0.39 is 0 Å². The van der Waals surface area contributed by atoms with Gasteiger partial charge in [0.2, 0.25) is 0 Å². The molecule has 2 heterocycles. The molecule has 100 valence electrons. The first-order chi connectivity index (χ1) is 9.70. The number of rotatable bonds is 3. The van der Waals surface area contributed by atoms with Gasteiger partial charge in [0.1, 0.15) is 17.0 Å². The van der Waals surface area contributed by atoms with Crippen molar-refractivity contribution in [1.29, 1.82) is 0 Å². The Balaban J connectivity index is 2.32. The predicted octanol–water partition coefficient (Wildman–Crippen LogP) is 4.34. The molecule has 0 spiro atoms. The van der Waals surface area contributed by atoms with Gasteiger partial charge in [-0.25, -0.2) is 4.98 Å². The van der Waals surface area contributed by atoms with Gasteiger partial charge >= 0.3 is 0 Å². The second-order valence-electron chi connectivity index (χ2n) is 4.31. The van der Waals surface area contributed by atoms with E-state index in [1.807, 2.05) is 53.1 Å². The standard InChI is InChI=1S/C15H10Br2N2O/c16-9-12(20)15-14(10-4-3-5-11(17)8-10)18-13-6-1-2-7-19(13)15/h1-8H,9H2. The van der Waals surface area contributed by atoms with Crippen molar-refractivity contribution in [3.05, 3.63) is 58.8 Å². The van der Waals surface area contributed by atoms with Gasteiger partial charge in [0.15, 0.2) is 5.78 Å². The third-order valence-electron chi connectivity index (χ3n) is 3.01. The minimum Gasteiger partial charge on any atom is -0.296 e. The topological polar surface area (TPSA) is 34.4 Å². The maximum atomic E-state index is 12.2. The van der Waals surface area contributed by atoms with Crippen LogP contribution in [0.25, 0.3) is 16.9 Å². The molecular weight excluding hydrogens is 384 g/mol. The lowest BCUT2D eigenvalue weighted by Crippen LogP contribution is -2.06. The number of carbonyl (C=O) groups excluding carboxylic acids is 1. The molecule has 5 heteroatoms. The third-order valence-corrected chi connectivity index (χ3v) is 4.02. The van der Waals surface area contributed by atoms with E-state index in [1.165, 1.54) is 0 Å². The molecule has 3 rings (SSSR count). The third kappa shape index (κ3) is 2.31. The van der Waals surface area contributed by atoms with Gasteiger partial charge in [-0.15, -0.1) is 0 Å². The summed E-state index contributed by atoms with van der Waals surface area (Å²) in [6, 6.07) is 13.5. The second kappa shape index (κ2) is 5.50. The van der Waals surface area contributed by atoms with E-state index in [1.54, 1.807) is 0 Å². The fourth-order valence-electron chi connectivity index (χ4n) is 2.16. The van der Waals surface area contributed by atoms with Crippen molar-refractivity contribution in [2.75, 3.05) is 5.33 Å². The number of halogens is 2. The molecule has 3 nitrogen and oxygen atoms in total. The SMILES string of the molecule is O=C(CBr)c1c(-c2cccc(Br)c2)nc2ccccn12. The van der Waals surface area contributed by atoms with Crippen molar-refractivity contribution in [2.24, 2.45) is 0 Å². The van der Waals surface area contributed by atoms with Gasteiger partial charge in [-0.2, -0.15) is 0 Å². The monoisotopic (exact) mass is 392 g/mol. The van der Waals surface area contributed by atoms with Crippen molar-refractivity contribution in [3.8, 4) is 11.3 Å². The number of benzene rings is 1. The number of hydrogen-bond donors (Lipinski definition) is 0. The molecule has 20 heavy (non-hydrogen) atoms. The molecule has 0 saturated carbocycles. The largest absolute Gasteiger partial charge is 0.296 e. The van der Waals surface area contributed by atoms with Gasteiger partial charge in [-0.05, 0) is 24.3 Å². The average Bonchev–Trinajstić information content (AvgIpc) is 2.86. The molecular formula is C15H10Br2N2O. The summed E-state index contributed by atoms with van der Waals surface area (Å²) in [6.07, 6.45) is 1.86. The molecule has 3 aromatic rings. The van der Waals surface area contributed by atoms with E-state index in [2.05, 4.69) is 36.8 Å². The van der Waals surface area contributed by atoms with Gasteiger partial charge in [-0.1, -0.05) is 50.1 Å². The molecule has 2 aromatic heterocycles. The van der Waals surface area contributed by atoms with Crippen LogP contribution in [-0.2, 0) is 0 Å². The molecule has 0 aliphatic rings. The number of imidazole rings is 1. The maximum absolute atomic E-state index is 12.2. The first-order valence-electron chi connectivity index (χ1n) is 6.03. The summed E-state index contributed by atoms with van der Waals surface area (Å²) >= 11 is 6.70. The van der Waals surface area contributed by atoms with Crippen LogP contribution in [0.3, 0.4) is 0 Å². The Labute approximate surface area is 132 Å². The van der Waals surface area contributed by atoms with E-state index in [0.29, 0.717) is 11.4 Å². The molecule has 0 saturated heterocycles. The lowest BCUT2D eigenvalue weighted by molar-refractivity contribution is 0.101. The number of ketones is 1. The van der Waals surface area contributed by atoms with Crippen LogP contribution in [0.1, 0.15) is 10.5 Å². The molecule has 0 bridgehead atoms. The summed E-state index contributed by atoms with van der Waals surface area (Å²) in [5.41, 5.74) is 3.01. The second-order valence-corrected chi connectivity index (χ2v) is 5.78. The van der Waals surface area contributed by atoms with Crippen LogP contribution < -0.4 is 0 Å². The Hall–Kier alpha value is -1.46. The predicted molar refractivity (Wildman–Crippen MR) is 86.5 cm³/mol. The summed E-state index contributed by atoms with van der Waals surface area (Å²) in [5.74, 6) is 0.0127. The zero-order valence-corrected chi connectivity index (χ0v) is 13.6. The van der Waals surface area contributed by atoms with Crippen molar-refractivity contribution in [3.63, 3.8) is 0 Å². The smallest absolute Gasteiger partial charge is 0.192 e. The molecule has 0 atom stereocenters. The highest BCUT2D eigenvalue weighted by Crippen LogP contribution is 2.27. The number of pyridine rings is 1. The van der Waals surface area contributed by atoms with Gasteiger partial charge in [0, 0.05) is 16.2 Å². The van der Waals surface area contributed by atoms with Gasteiger partial charge in [0.25, 0.3) is 0 Å². The number of nitrogens with zero attached hydrogens (tertiary/aromatic N) is 2. The number of hydrogen-bond acceptors (Lipinski definition) is 2. The molecule has 0 fully saturated rings. The molecule has 1 aromatic carbocycles. The summed E-state index contributed by atoms with van der Waals surface area (Å²) in [4.78, 5) is 16.8. The average molecular weight is 394 g/mol. The van der Waals surface area contributed by atoms with Crippen molar-refractivity contribution in [1.82, 2.24) is 9.38 Å². The van der Waals surface area contributed by atoms with Crippen molar-refractivity contribution >= 4 is 43.3 Å². The Kier molecular flexibility index (Phi) is 3.72. The van der Waals surface area contributed by atoms with Crippen LogP contribution >= 0.6 is 31.9 Å². The van der Waals surface area contributed by atoms with E-state index >= 15 is 0 Å². The first kappa shape index (κ1) is 13.5. The number of aromatic nitrogens is 2. The molecule has 0 N–H and O–H groups in total. The highest BCUT2D eigenvalue weighted by Gasteiger charge is 2.19. The van der Waals surface area contributed by atoms with Crippen LogP contribution in [0.15, 0.2) is 53.1 Å². The summed E-state index contributed by atoms with van der Waals surface area (Å²) in [5, 5.41) is 0.274. The summed E-state index contributed by atoms with van der Waals surface area (Å²) in [7, 11) is 0. The van der Waals surface area contributed by atoms with Gasteiger partial charge < -0.3 is 0 Å². The fourth-order valence-corrected chi connectivity index (χ4v) is 2.83. The van der Waals surface area contributed by atoms with E-state index in [9.17, 15) is 4.79 Å².